The molecule has 2 nitrogen and oxygen atoms in total. The standard InChI is InChI=1S/C9H10NP.C3H5N/c10-7-4-8-11-9-5-2-1-3-6-9;1-2-3-4/h1-3,5-6,11H,4,8H2;2H2,1H3. The third-order valence-corrected chi connectivity index (χ3v) is 2.74. The summed E-state index contributed by atoms with van der Waals surface area (Å²) >= 11 is 0. The fraction of sp³-hybridized carbons (Fsp3) is 0.333. The molecule has 1 aromatic carbocycles. The normalized spacial score (nSPS) is 8.73. The minimum absolute atomic E-state index is 0.625. The molecule has 0 saturated carbocycles. The van der Waals surface area contributed by atoms with Crippen molar-refractivity contribution in [3.8, 4) is 12.1 Å². The van der Waals surface area contributed by atoms with E-state index < -0.39 is 0 Å². The number of nitrogens with zero attached hydrogens (tertiary/aromatic N) is 2. The molecule has 0 N–H and O–H groups in total. The van der Waals surface area contributed by atoms with Gasteiger partial charge in [0.25, 0.3) is 0 Å². The van der Waals surface area contributed by atoms with E-state index in [9.17, 15) is 0 Å². The summed E-state index contributed by atoms with van der Waals surface area (Å²) in [6, 6.07) is 14.4. The zero-order valence-corrected chi connectivity index (χ0v) is 9.90. The van der Waals surface area contributed by atoms with Crippen molar-refractivity contribution in [2.75, 3.05) is 6.16 Å². The fourth-order valence-electron chi connectivity index (χ4n) is 0.819. The van der Waals surface area contributed by atoms with E-state index in [1.807, 2.05) is 31.2 Å². The highest BCUT2D eigenvalue weighted by molar-refractivity contribution is 7.47. The van der Waals surface area contributed by atoms with E-state index in [1.54, 1.807) is 0 Å². The highest BCUT2D eigenvalue weighted by Crippen LogP contribution is 2.09. The molecule has 0 aliphatic heterocycles. The average molecular weight is 218 g/mol. The molecule has 0 bridgehead atoms. The van der Waals surface area contributed by atoms with Crippen LogP contribution in [-0.2, 0) is 0 Å². The lowest BCUT2D eigenvalue weighted by atomic mass is 10.4. The van der Waals surface area contributed by atoms with Crippen molar-refractivity contribution in [3.05, 3.63) is 30.3 Å². The van der Waals surface area contributed by atoms with Gasteiger partial charge in [-0.15, -0.1) is 0 Å². The van der Waals surface area contributed by atoms with Gasteiger partial charge in [0.15, 0.2) is 0 Å². The first-order valence-corrected chi connectivity index (χ1v) is 6.08. The number of rotatable bonds is 3. The van der Waals surface area contributed by atoms with Crippen molar-refractivity contribution in [2.24, 2.45) is 0 Å². The van der Waals surface area contributed by atoms with Crippen LogP contribution in [-0.4, -0.2) is 6.16 Å². The van der Waals surface area contributed by atoms with E-state index in [2.05, 4.69) is 18.2 Å². The second-order valence-electron chi connectivity index (χ2n) is 2.71. The van der Waals surface area contributed by atoms with Crippen LogP contribution in [0.3, 0.4) is 0 Å². The molecule has 0 heterocycles. The molecule has 3 heteroatoms. The SMILES string of the molecule is CCC#N.N#CCCPc1ccccc1. The van der Waals surface area contributed by atoms with Gasteiger partial charge < -0.3 is 0 Å². The smallest absolute Gasteiger partial charge is 0.0625 e. The number of hydrogen-bond acceptors (Lipinski definition) is 2. The summed E-state index contributed by atoms with van der Waals surface area (Å²) < 4.78 is 0. The maximum Gasteiger partial charge on any atom is 0.0625 e. The summed E-state index contributed by atoms with van der Waals surface area (Å²) in [6.07, 6.45) is 2.30. The van der Waals surface area contributed by atoms with Crippen LogP contribution in [0.5, 0.6) is 0 Å². The molecule has 0 aromatic heterocycles. The first-order chi connectivity index (χ1) is 7.35. The fourth-order valence-corrected chi connectivity index (χ4v) is 1.77. The van der Waals surface area contributed by atoms with Crippen LogP contribution in [0.2, 0.25) is 0 Å². The summed E-state index contributed by atoms with van der Waals surface area (Å²) in [4.78, 5) is 0. The van der Waals surface area contributed by atoms with E-state index in [1.165, 1.54) is 5.30 Å². The Hall–Kier alpha value is -1.37. The second-order valence-corrected chi connectivity index (χ2v) is 4.14. The van der Waals surface area contributed by atoms with Crippen LogP contribution in [0, 0.1) is 22.7 Å². The molecule has 0 fully saturated rings. The third kappa shape index (κ3) is 8.95. The van der Waals surface area contributed by atoms with Crippen LogP contribution < -0.4 is 5.30 Å². The van der Waals surface area contributed by atoms with Gasteiger partial charge in [-0.3, -0.25) is 0 Å². The topological polar surface area (TPSA) is 47.6 Å². The van der Waals surface area contributed by atoms with Crippen LogP contribution in [0.25, 0.3) is 0 Å². The van der Waals surface area contributed by atoms with E-state index in [4.69, 9.17) is 10.5 Å². The van der Waals surface area contributed by atoms with Gasteiger partial charge >= 0.3 is 0 Å². The van der Waals surface area contributed by atoms with Crippen LogP contribution in [0.4, 0.5) is 0 Å². The number of nitriles is 2. The van der Waals surface area contributed by atoms with Gasteiger partial charge in [-0.05, 0) is 11.5 Å². The van der Waals surface area contributed by atoms with E-state index in [-0.39, 0.29) is 0 Å². The quantitative estimate of drug-likeness (QED) is 0.578. The molecule has 0 saturated heterocycles. The molecule has 1 aromatic rings. The Morgan fingerprint density at radius 1 is 1.13 bits per heavy atom. The lowest BCUT2D eigenvalue weighted by molar-refractivity contribution is 1.22. The minimum atomic E-state index is 0.625. The predicted molar refractivity (Wildman–Crippen MR) is 65.4 cm³/mol. The number of benzene rings is 1. The van der Waals surface area contributed by atoms with Gasteiger partial charge in [0.1, 0.15) is 0 Å². The van der Waals surface area contributed by atoms with E-state index >= 15 is 0 Å². The molecular weight excluding hydrogens is 203 g/mol. The Bertz CT molecular complexity index is 322. The monoisotopic (exact) mass is 218 g/mol. The summed E-state index contributed by atoms with van der Waals surface area (Å²) in [6.45, 7) is 1.82. The first-order valence-electron chi connectivity index (χ1n) is 4.88. The largest absolute Gasteiger partial charge is 0.198 e. The van der Waals surface area contributed by atoms with Gasteiger partial charge in [0.2, 0.25) is 0 Å². The Balaban J connectivity index is 0.000000423. The summed E-state index contributed by atoms with van der Waals surface area (Å²) in [5.41, 5.74) is 0. The Labute approximate surface area is 93.3 Å². The zero-order valence-electron chi connectivity index (χ0n) is 8.90. The highest BCUT2D eigenvalue weighted by atomic mass is 31.1. The van der Waals surface area contributed by atoms with Crippen molar-refractivity contribution < 1.29 is 0 Å². The molecule has 0 spiro atoms. The molecule has 78 valence electrons. The predicted octanol–water partition coefficient (Wildman–Crippen LogP) is 2.82. The summed E-state index contributed by atoms with van der Waals surface area (Å²) in [5, 5.41) is 17.3. The van der Waals surface area contributed by atoms with E-state index in [0.29, 0.717) is 12.8 Å². The lowest BCUT2D eigenvalue weighted by Crippen LogP contribution is -1.92. The molecule has 1 atom stereocenters. The lowest BCUT2D eigenvalue weighted by Gasteiger charge is -1.96. The van der Waals surface area contributed by atoms with Gasteiger partial charge in [0, 0.05) is 12.8 Å². The number of hydrogen-bond donors (Lipinski definition) is 0. The molecular formula is C12H15N2P. The molecule has 0 aliphatic carbocycles. The maximum atomic E-state index is 8.30. The minimum Gasteiger partial charge on any atom is -0.198 e. The van der Waals surface area contributed by atoms with Crippen molar-refractivity contribution >= 4 is 13.9 Å². The molecule has 1 rings (SSSR count). The maximum absolute atomic E-state index is 8.30. The Morgan fingerprint density at radius 2 is 1.73 bits per heavy atom. The van der Waals surface area contributed by atoms with E-state index in [0.717, 1.165) is 14.7 Å². The summed E-state index contributed by atoms with van der Waals surface area (Å²) in [7, 11) is 0.789. The van der Waals surface area contributed by atoms with Gasteiger partial charge in [-0.2, -0.15) is 10.5 Å². The van der Waals surface area contributed by atoms with Crippen LogP contribution in [0.1, 0.15) is 19.8 Å². The summed E-state index contributed by atoms with van der Waals surface area (Å²) in [5.74, 6) is 0. The van der Waals surface area contributed by atoms with Crippen molar-refractivity contribution in [1.29, 1.82) is 10.5 Å². The Morgan fingerprint density at radius 3 is 2.20 bits per heavy atom. The first kappa shape index (κ1) is 13.6. The Kier molecular flexibility index (Phi) is 9.73. The van der Waals surface area contributed by atoms with Gasteiger partial charge in [-0.25, -0.2) is 0 Å². The molecule has 15 heavy (non-hydrogen) atoms. The molecule has 0 radical (unpaired) electrons. The average Bonchev–Trinajstić information content (AvgIpc) is 2.31. The van der Waals surface area contributed by atoms with Crippen LogP contribution >= 0.6 is 8.58 Å². The highest BCUT2D eigenvalue weighted by Gasteiger charge is 1.88. The van der Waals surface area contributed by atoms with Crippen molar-refractivity contribution in [2.45, 2.75) is 19.8 Å². The molecule has 0 amide bonds. The second kappa shape index (κ2) is 10.7. The van der Waals surface area contributed by atoms with Crippen LogP contribution in [0.15, 0.2) is 30.3 Å². The van der Waals surface area contributed by atoms with Crippen molar-refractivity contribution in [1.82, 2.24) is 0 Å². The zero-order chi connectivity index (χ0) is 11.4. The molecule has 1 unspecified atom stereocenters. The molecule has 0 aliphatic rings. The van der Waals surface area contributed by atoms with Gasteiger partial charge in [0.05, 0.1) is 12.1 Å². The van der Waals surface area contributed by atoms with Crippen molar-refractivity contribution in [3.63, 3.8) is 0 Å². The van der Waals surface area contributed by atoms with Gasteiger partial charge in [-0.1, -0.05) is 45.8 Å². The third-order valence-electron chi connectivity index (χ3n) is 1.50.